The number of methoxy groups -OCH3 is 1. The molecule has 0 unspecified atom stereocenters. The van der Waals surface area contributed by atoms with Gasteiger partial charge in [-0.2, -0.15) is 0 Å². The number of para-hydroxylation sites is 2. The van der Waals surface area contributed by atoms with Gasteiger partial charge in [-0.15, -0.1) is 0 Å². The summed E-state index contributed by atoms with van der Waals surface area (Å²) >= 11 is 0. The molecule has 1 aliphatic heterocycles. The largest absolute Gasteiger partial charge is 0.495 e. The minimum atomic E-state index is 0.154. The van der Waals surface area contributed by atoms with Gasteiger partial charge in [0.1, 0.15) is 5.75 Å². The van der Waals surface area contributed by atoms with Crippen molar-refractivity contribution >= 4 is 17.6 Å². The molecule has 6 heteroatoms. The number of ether oxygens (including phenoxy) is 1. The van der Waals surface area contributed by atoms with Gasteiger partial charge in [-0.1, -0.05) is 12.1 Å². The monoisotopic (exact) mass is 290 g/mol. The maximum atomic E-state index is 11.9. The summed E-state index contributed by atoms with van der Waals surface area (Å²) in [4.78, 5) is 17.9. The fraction of sp³-hybridized carbons (Fsp3) is 0.467. The van der Waals surface area contributed by atoms with Crippen molar-refractivity contribution in [2.75, 3.05) is 32.1 Å². The van der Waals surface area contributed by atoms with Gasteiger partial charge in [0, 0.05) is 19.5 Å². The van der Waals surface area contributed by atoms with E-state index in [9.17, 15) is 4.79 Å². The van der Waals surface area contributed by atoms with E-state index < -0.39 is 0 Å². The molecular formula is C15H22N4O2. The number of guanidine groups is 1. The van der Waals surface area contributed by atoms with Crippen LogP contribution in [0.15, 0.2) is 29.3 Å². The zero-order chi connectivity index (χ0) is 15.1. The summed E-state index contributed by atoms with van der Waals surface area (Å²) in [7, 11) is 1.60. The van der Waals surface area contributed by atoms with Crippen LogP contribution in [-0.2, 0) is 4.79 Å². The number of nitrogens with two attached hydrogens (primary N) is 1. The SMILES string of the molecule is COc1ccccc1NC(N)=NCCC(=O)N1CCCC1. The molecular weight excluding hydrogens is 268 g/mol. The Morgan fingerprint density at radius 3 is 2.81 bits per heavy atom. The lowest BCUT2D eigenvalue weighted by atomic mass is 10.3. The van der Waals surface area contributed by atoms with Crippen LogP contribution in [0.4, 0.5) is 5.69 Å². The molecule has 2 rings (SSSR count). The molecule has 0 radical (unpaired) electrons. The van der Waals surface area contributed by atoms with Crippen molar-refractivity contribution in [3.05, 3.63) is 24.3 Å². The summed E-state index contributed by atoms with van der Waals surface area (Å²) in [5.41, 5.74) is 6.58. The van der Waals surface area contributed by atoms with Crippen LogP contribution in [0.2, 0.25) is 0 Å². The highest BCUT2D eigenvalue weighted by atomic mass is 16.5. The van der Waals surface area contributed by atoms with Crippen LogP contribution in [0.5, 0.6) is 5.75 Å². The molecule has 6 nitrogen and oxygen atoms in total. The predicted molar refractivity (Wildman–Crippen MR) is 83.5 cm³/mol. The average molecular weight is 290 g/mol. The lowest BCUT2D eigenvalue weighted by Crippen LogP contribution is -2.28. The summed E-state index contributed by atoms with van der Waals surface area (Å²) < 4.78 is 5.22. The maximum absolute atomic E-state index is 11.9. The van der Waals surface area contributed by atoms with Crippen LogP contribution >= 0.6 is 0 Å². The number of nitrogens with one attached hydrogen (secondary N) is 1. The molecule has 21 heavy (non-hydrogen) atoms. The van der Waals surface area contributed by atoms with Gasteiger partial charge < -0.3 is 20.7 Å². The summed E-state index contributed by atoms with van der Waals surface area (Å²) in [6.45, 7) is 2.14. The van der Waals surface area contributed by atoms with Gasteiger partial charge in [0.05, 0.1) is 19.3 Å². The van der Waals surface area contributed by atoms with Crippen LogP contribution in [0.25, 0.3) is 0 Å². The molecule has 0 aliphatic carbocycles. The fourth-order valence-corrected chi connectivity index (χ4v) is 2.32. The van der Waals surface area contributed by atoms with E-state index in [0.717, 1.165) is 31.6 Å². The molecule has 0 atom stereocenters. The third kappa shape index (κ3) is 4.37. The highest BCUT2D eigenvalue weighted by Gasteiger charge is 2.16. The number of benzene rings is 1. The second kappa shape index (κ2) is 7.52. The van der Waals surface area contributed by atoms with Crippen molar-refractivity contribution < 1.29 is 9.53 Å². The first-order valence-corrected chi connectivity index (χ1v) is 7.18. The molecule has 0 spiro atoms. The maximum Gasteiger partial charge on any atom is 0.224 e. The van der Waals surface area contributed by atoms with E-state index >= 15 is 0 Å². The lowest BCUT2D eigenvalue weighted by Gasteiger charge is -2.14. The summed E-state index contributed by atoms with van der Waals surface area (Å²) in [6.07, 6.45) is 2.60. The zero-order valence-electron chi connectivity index (χ0n) is 12.3. The standard InChI is InChI=1S/C15H22N4O2/c1-21-13-7-3-2-6-12(13)18-15(16)17-9-8-14(20)19-10-4-5-11-19/h2-3,6-7H,4-5,8-11H2,1H3,(H3,16,17,18). The van der Waals surface area contributed by atoms with Gasteiger partial charge in [0.15, 0.2) is 5.96 Å². The Bertz CT molecular complexity index is 510. The molecule has 1 aromatic carbocycles. The van der Waals surface area contributed by atoms with Crippen LogP contribution in [0.1, 0.15) is 19.3 Å². The van der Waals surface area contributed by atoms with Crippen LogP contribution in [0, 0.1) is 0 Å². The van der Waals surface area contributed by atoms with E-state index in [2.05, 4.69) is 10.3 Å². The molecule has 1 saturated heterocycles. The minimum Gasteiger partial charge on any atom is -0.495 e. The Kier molecular flexibility index (Phi) is 5.43. The quantitative estimate of drug-likeness (QED) is 0.635. The number of nitrogens with zero attached hydrogens (tertiary/aromatic N) is 2. The van der Waals surface area contributed by atoms with Crippen molar-refractivity contribution in [1.82, 2.24) is 4.90 Å². The van der Waals surface area contributed by atoms with E-state index in [1.807, 2.05) is 29.2 Å². The number of hydrogen-bond donors (Lipinski definition) is 2. The number of likely N-dealkylation sites (tertiary alicyclic amines) is 1. The van der Waals surface area contributed by atoms with Gasteiger partial charge in [0.25, 0.3) is 0 Å². The van der Waals surface area contributed by atoms with Gasteiger partial charge in [-0.25, -0.2) is 0 Å². The second-order valence-electron chi connectivity index (χ2n) is 4.93. The van der Waals surface area contributed by atoms with Gasteiger partial charge >= 0.3 is 0 Å². The summed E-state index contributed by atoms with van der Waals surface area (Å²) in [5, 5.41) is 2.98. The Labute approximate surface area is 125 Å². The third-order valence-corrected chi connectivity index (χ3v) is 3.44. The van der Waals surface area contributed by atoms with E-state index in [4.69, 9.17) is 10.5 Å². The average Bonchev–Trinajstić information content (AvgIpc) is 3.02. The van der Waals surface area contributed by atoms with E-state index in [1.54, 1.807) is 7.11 Å². The van der Waals surface area contributed by atoms with Crippen molar-refractivity contribution in [2.45, 2.75) is 19.3 Å². The van der Waals surface area contributed by atoms with Crippen LogP contribution < -0.4 is 15.8 Å². The Balaban J connectivity index is 1.82. The van der Waals surface area contributed by atoms with Gasteiger partial charge in [0.2, 0.25) is 5.91 Å². The normalized spacial score (nSPS) is 15.1. The molecule has 0 bridgehead atoms. The summed E-state index contributed by atoms with van der Waals surface area (Å²) in [5.74, 6) is 1.14. The molecule has 0 saturated carbocycles. The topological polar surface area (TPSA) is 80.0 Å². The van der Waals surface area contributed by atoms with E-state index in [0.29, 0.717) is 18.7 Å². The number of carbonyl (C=O) groups excluding carboxylic acids is 1. The molecule has 1 fully saturated rings. The Morgan fingerprint density at radius 1 is 1.38 bits per heavy atom. The smallest absolute Gasteiger partial charge is 0.224 e. The van der Waals surface area contributed by atoms with Gasteiger partial charge in [-0.3, -0.25) is 9.79 Å². The number of anilines is 1. The molecule has 3 N–H and O–H groups in total. The highest BCUT2D eigenvalue weighted by molar-refractivity contribution is 5.93. The third-order valence-electron chi connectivity index (χ3n) is 3.44. The molecule has 0 aromatic heterocycles. The van der Waals surface area contributed by atoms with E-state index in [1.165, 1.54) is 0 Å². The number of rotatable bonds is 5. The van der Waals surface area contributed by atoms with Crippen LogP contribution in [-0.4, -0.2) is 43.5 Å². The number of amides is 1. The molecule has 1 heterocycles. The number of hydrogen-bond acceptors (Lipinski definition) is 3. The van der Waals surface area contributed by atoms with Crippen molar-refractivity contribution in [3.63, 3.8) is 0 Å². The molecule has 1 amide bonds. The predicted octanol–water partition coefficient (Wildman–Crippen LogP) is 1.43. The molecule has 1 aliphatic rings. The lowest BCUT2D eigenvalue weighted by molar-refractivity contribution is -0.129. The second-order valence-corrected chi connectivity index (χ2v) is 4.93. The number of aliphatic imine (C=N–C) groups is 1. The van der Waals surface area contributed by atoms with E-state index in [-0.39, 0.29) is 11.9 Å². The van der Waals surface area contributed by atoms with Crippen molar-refractivity contribution in [2.24, 2.45) is 10.7 Å². The van der Waals surface area contributed by atoms with Crippen molar-refractivity contribution in [3.8, 4) is 5.75 Å². The molecule has 114 valence electrons. The first kappa shape index (κ1) is 15.2. The summed E-state index contributed by atoms with van der Waals surface area (Å²) in [6, 6.07) is 7.46. The minimum absolute atomic E-state index is 0.154. The van der Waals surface area contributed by atoms with Crippen LogP contribution in [0.3, 0.4) is 0 Å². The zero-order valence-corrected chi connectivity index (χ0v) is 12.3. The first-order chi connectivity index (χ1) is 10.2. The Hall–Kier alpha value is -2.24. The van der Waals surface area contributed by atoms with Gasteiger partial charge in [-0.05, 0) is 25.0 Å². The molecule has 1 aromatic rings. The fourth-order valence-electron chi connectivity index (χ4n) is 2.32. The Morgan fingerprint density at radius 2 is 2.10 bits per heavy atom. The highest BCUT2D eigenvalue weighted by Crippen LogP contribution is 2.22. The number of carbonyl (C=O) groups is 1. The van der Waals surface area contributed by atoms with Crippen molar-refractivity contribution in [1.29, 1.82) is 0 Å². The first-order valence-electron chi connectivity index (χ1n) is 7.18.